The second kappa shape index (κ2) is 3.82. The monoisotopic (exact) mass is 202 g/mol. The molecule has 0 spiro atoms. The Hall–Kier alpha value is -1.68. The Morgan fingerprint density at radius 1 is 1.33 bits per heavy atom. The van der Waals surface area contributed by atoms with Crippen molar-refractivity contribution < 1.29 is 0 Å². The van der Waals surface area contributed by atoms with E-state index in [1.165, 1.54) is 0 Å². The number of aromatic nitrogens is 3. The van der Waals surface area contributed by atoms with Gasteiger partial charge in [-0.25, -0.2) is 9.97 Å². The van der Waals surface area contributed by atoms with Crippen molar-refractivity contribution in [3.63, 3.8) is 0 Å². The third-order valence-electron chi connectivity index (χ3n) is 2.36. The summed E-state index contributed by atoms with van der Waals surface area (Å²) in [6, 6.07) is 3.86. The van der Waals surface area contributed by atoms with Gasteiger partial charge in [0.05, 0.1) is 0 Å². The van der Waals surface area contributed by atoms with Gasteiger partial charge >= 0.3 is 0 Å². The van der Waals surface area contributed by atoms with Crippen LogP contribution in [-0.2, 0) is 0 Å². The number of hydrogen-bond acceptors (Lipinski definition) is 3. The van der Waals surface area contributed by atoms with E-state index in [1.54, 1.807) is 12.4 Å². The molecule has 78 valence electrons. The van der Waals surface area contributed by atoms with Gasteiger partial charge in [-0.05, 0) is 19.9 Å². The third kappa shape index (κ3) is 1.76. The molecular weight excluding hydrogens is 188 g/mol. The first kappa shape index (κ1) is 9.86. The smallest absolute Gasteiger partial charge is 0.142 e. The molecule has 0 bridgehead atoms. The highest BCUT2D eigenvalue weighted by molar-refractivity contribution is 5.36. The first-order chi connectivity index (χ1) is 7.20. The zero-order chi connectivity index (χ0) is 10.8. The fraction of sp³-hybridized carbons (Fsp3) is 0.273. The molecule has 0 amide bonds. The number of nitrogens with zero attached hydrogens (tertiary/aromatic N) is 3. The average molecular weight is 202 g/mol. The molecule has 0 unspecified atom stereocenters. The van der Waals surface area contributed by atoms with Gasteiger partial charge in [0, 0.05) is 30.2 Å². The standard InChI is InChI=1S/C11H14N4/c1-8(12)10-4-3-5-14-11(10)15-7-6-13-9(15)2/h3-8H,12H2,1-2H3/t8-/m0/s1. The largest absolute Gasteiger partial charge is 0.324 e. The molecule has 0 fully saturated rings. The highest BCUT2D eigenvalue weighted by Crippen LogP contribution is 2.18. The predicted octanol–water partition coefficient (Wildman–Crippen LogP) is 1.60. The molecule has 2 aromatic rings. The fourth-order valence-corrected chi connectivity index (χ4v) is 1.57. The molecule has 0 radical (unpaired) electrons. The summed E-state index contributed by atoms with van der Waals surface area (Å²) >= 11 is 0. The van der Waals surface area contributed by atoms with Crippen LogP contribution < -0.4 is 5.73 Å². The predicted molar refractivity (Wildman–Crippen MR) is 58.7 cm³/mol. The maximum Gasteiger partial charge on any atom is 0.142 e. The lowest BCUT2D eigenvalue weighted by Crippen LogP contribution is -2.11. The molecule has 15 heavy (non-hydrogen) atoms. The van der Waals surface area contributed by atoms with E-state index >= 15 is 0 Å². The molecule has 4 nitrogen and oxygen atoms in total. The lowest BCUT2D eigenvalue weighted by atomic mass is 10.1. The molecule has 1 atom stereocenters. The van der Waals surface area contributed by atoms with Crippen molar-refractivity contribution in [1.29, 1.82) is 0 Å². The Kier molecular flexibility index (Phi) is 2.51. The SMILES string of the molecule is Cc1nccn1-c1ncccc1[C@H](C)N. The Balaban J connectivity index is 2.58. The van der Waals surface area contributed by atoms with Crippen LogP contribution in [0.5, 0.6) is 0 Å². The van der Waals surface area contributed by atoms with Gasteiger partial charge in [-0.1, -0.05) is 6.07 Å². The van der Waals surface area contributed by atoms with E-state index in [-0.39, 0.29) is 6.04 Å². The summed E-state index contributed by atoms with van der Waals surface area (Å²) in [5.41, 5.74) is 6.92. The van der Waals surface area contributed by atoms with E-state index in [0.29, 0.717) is 0 Å². The van der Waals surface area contributed by atoms with Crippen molar-refractivity contribution in [2.45, 2.75) is 19.9 Å². The van der Waals surface area contributed by atoms with Crippen LogP contribution in [0.15, 0.2) is 30.7 Å². The third-order valence-corrected chi connectivity index (χ3v) is 2.36. The summed E-state index contributed by atoms with van der Waals surface area (Å²) in [6.07, 6.45) is 5.42. The Bertz CT molecular complexity index is 459. The zero-order valence-electron chi connectivity index (χ0n) is 8.88. The number of aryl methyl sites for hydroxylation is 1. The van der Waals surface area contributed by atoms with Crippen molar-refractivity contribution in [3.8, 4) is 5.82 Å². The molecule has 2 rings (SSSR count). The highest BCUT2D eigenvalue weighted by atomic mass is 15.1. The first-order valence-electron chi connectivity index (χ1n) is 4.91. The summed E-state index contributed by atoms with van der Waals surface area (Å²) in [5.74, 6) is 1.78. The molecule has 2 heterocycles. The summed E-state index contributed by atoms with van der Waals surface area (Å²) in [4.78, 5) is 8.52. The lowest BCUT2D eigenvalue weighted by molar-refractivity contribution is 0.784. The second-order valence-electron chi connectivity index (χ2n) is 3.55. The minimum atomic E-state index is -0.0319. The quantitative estimate of drug-likeness (QED) is 0.804. The molecule has 0 aliphatic heterocycles. The zero-order valence-corrected chi connectivity index (χ0v) is 8.88. The molecule has 0 saturated carbocycles. The van der Waals surface area contributed by atoms with Crippen LogP contribution >= 0.6 is 0 Å². The number of nitrogens with two attached hydrogens (primary N) is 1. The molecule has 2 aromatic heterocycles. The number of imidazole rings is 1. The highest BCUT2D eigenvalue weighted by Gasteiger charge is 2.10. The van der Waals surface area contributed by atoms with E-state index in [4.69, 9.17) is 5.73 Å². The van der Waals surface area contributed by atoms with Crippen LogP contribution in [0.3, 0.4) is 0 Å². The van der Waals surface area contributed by atoms with Gasteiger partial charge in [-0.2, -0.15) is 0 Å². The van der Waals surface area contributed by atoms with Gasteiger partial charge in [-0.15, -0.1) is 0 Å². The van der Waals surface area contributed by atoms with Crippen molar-refractivity contribution in [2.75, 3.05) is 0 Å². The molecule has 0 aliphatic rings. The summed E-state index contributed by atoms with van der Waals surface area (Å²) < 4.78 is 1.94. The number of rotatable bonds is 2. The number of pyridine rings is 1. The van der Waals surface area contributed by atoms with Crippen LogP contribution in [0.2, 0.25) is 0 Å². The van der Waals surface area contributed by atoms with Gasteiger partial charge in [0.1, 0.15) is 11.6 Å². The van der Waals surface area contributed by atoms with Crippen LogP contribution in [-0.4, -0.2) is 14.5 Å². The minimum absolute atomic E-state index is 0.0319. The van der Waals surface area contributed by atoms with E-state index in [0.717, 1.165) is 17.2 Å². The van der Waals surface area contributed by atoms with Crippen molar-refractivity contribution in [3.05, 3.63) is 42.1 Å². The van der Waals surface area contributed by atoms with Crippen LogP contribution in [0, 0.1) is 6.92 Å². The van der Waals surface area contributed by atoms with Gasteiger partial charge < -0.3 is 5.73 Å². The molecule has 0 aliphatic carbocycles. The van der Waals surface area contributed by atoms with Crippen molar-refractivity contribution >= 4 is 0 Å². The summed E-state index contributed by atoms with van der Waals surface area (Å²) in [5, 5.41) is 0. The minimum Gasteiger partial charge on any atom is -0.324 e. The Morgan fingerprint density at radius 2 is 2.13 bits per heavy atom. The molecular formula is C11H14N4. The summed E-state index contributed by atoms with van der Waals surface area (Å²) in [7, 11) is 0. The summed E-state index contributed by atoms with van der Waals surface area (Å²) in [6.45, 7) is 3.90. The Morgan fingerprint density at radius 3 is 2.73 bits per heavy atom. The van der Waals surface area contributed by atoms with Gasteiger partial charge in [0.25, 0.3) is 0 Å². The normalized spacial score (nSPS) is 12.7. The topological polar surface area (TPSA) is 56.7 Å². The first-order valence-corrected chi connectivity index (χ1v) is 4.91. The van der Waals surface area contributed by atoms with Gasteiger partial charge in [0.15, 0.2) is 0 Å². The maximum absolute atomic E-state index is 5.90. The van der Waals surface area contributed by atoms with E-state index in [2.05, 4.69) is 9.97 Å². The van der Waals surface area contributed by atoms with Crippen molar-refractivity contribution in [2.24, 2.45) is 5.73 Å². The Labute approximate surface area is 88.8 Å². The van der Waals surface area contributed by atoms with Gasteiger partial charge in [-0.3, -0.25) is 4.57 Å². The molecule has 2 N–H and O–H groups in total. The van der Waals surface area contributed by atoms with E-state index in [1.807, 2.05) is 36.7 Å². The van der Waals surface area contributed by atoms with Crippen molar-refractivity contribution in [1.82, 2.24) is 14.5 Å². The fourth-order valence-electron chi connectivity index (χ4n) is 1.57. The van der Waals surface area contributed by atoms with Gasteiger partial charge in [0.2, 0.25) is 0 Å². The van der Waals surface area contributed by atoms with E-state index in [9.17, 15) is 0 Å². The second-order valence-corrected chi connectivity index (χ2v) is 3.55. The lowest BCUT2D eigenvalue weighted by Gasteiger charge is -2.12. The van der Waals surface area contributed by atoms with E-state index < -0.39 is 0 Å². The van der Waals surface area contributed by atoms with Crippen LogP contribution in [0.1, 0.15) is 24.4 Å². The van der Waals surface area contributed by atoms with Crippen LogP contribution in [0.25, 0.3) is 5.82 Å². The average Bonchev–Trinajstić information content (AvgIpc) is 2.64. The number of hydrogen-bond donors (Lipinski definition) is 1. The molecule has 0 aromatic carbocycles. The van der Waals surface area contributed by atoms with Crippen LogP contribution in [0.4, 0.5) is 0 Å². The molecule has 4 heteroatoms. The maximum atomic E-state index is 5.90. The molecule has 0 saturated heterocycles.